The van der Waals surface area contributed by atoms with Crippen molar-refractivity contribution >= 4 is 16.1 Å². The monoisotopic (exact) mass is 285 g/mol. The average molecular weight is 285 g/mol. The molecule has 2 N–H and O–H groups in total. The Morgan fingerprint density at radius 3 is 2.21 bits per heavy atom. The zero-order chi connectivity index (χ0) is 14.6. The third kappa shape index (κ3) is 4.04. The summed E-state index contributed by atoms with van der Waals surface area (Å²) in [7, 11) is -4.09. The second kappa shape index (κ2) is 6.16. The van der Waals surface area contributed by atoms with E-state index in [9.17, 15) is 13.2 Å². The quantitative estimate of drug-likeness (QED) is 0.828. The Morgan fingerprint density at radius 2 is 1.79 bits per heavy atom. The predicted molar refractivity (Wildman–Crippen MR) is 71.9 cm³/mol. The SMILES string of the molecule is CCc1ccc(S(=O)(=O)OC(=O)[C@H](N)C(C)C)cc1. The number of hydrogen-bond acceptors (Lipinski definition) is 5. The third-order valence-corrected chi connectivity index (χ3v) is 4.04. The van der Waals surface area contributed by atoms with Crippen molar-refractivity contribution < 1.29 is 17.4 Å². The van der Waals surface area contributed by atoms with E-state index in [1.54, 1.807) is 26.0 Å². The van der Waals surface area contributed by atoms with Crippen molar-refractivity contribution in [2.24, 2.45) is 11.7 Å². The first kappa shape index (κ1) is 15.7. The van der Waals surface area contributed by atoms with Crippen molar-refractivity contribution in [2.75, 3.05) is 0 Å². The number of rotatable bonds is 5. The van der Waals surface area contributed by atoms with Crippen LogP contribution in [0.5, 0.6) is 0 Å². The molecule has 1 rings (SSSR count). The number of carbonyl (C=O) groups excluding carboxylic acids is 1. The van der Waals surface area contributed by atoms with E-state index in [1.165, 1.54) is 12.1 Å². The molecule has 0 amide bonds. The van der Waals surface area contributed by atoms with Crippen molar-refractivity contribution in [3.8, 4) is 0 Å². The molecule has 5 nitrogen and oxygen atoms in total. The van der Waals surface area contributed by atoms with Crippen LogP contribution in [0.1, 0.15) is 26.3 Å². The second-order valence-electron chi connectivity index (χ2n) is 4.62. The van der Waals surface area contributed by atoms with E-state index < -0.39 is 22.1 Å². The Hall–Kier alpha value is -1.40. The summed E-state index contributed by atoms with van der Waals surface area (Å²) in [5.41, 5.74) is 6.56. The highest BCUT2D eigenvalue weighted by atomic mass is 32.2. The molecule has 0 heterocycles. The van der Waals surface area contributed by atoms with Gasteiger partial charge in [0.15, 0.2) is 0 Å². The Labute approximate surface area is 113 Å². The maximum Gasteiger partial charge on any atom is 0.341 e. The molecule has 0 aliphatic heterocycles. The van der Waals surface area contributed by atoms with Crippen LogP contribution in [0.4, 0.5) is 0 Å². The highest BCUT2D eigenvalue weighted by molar-refractivity contribution is 7.87. The van der Waals surface area contributed by atoms with Crippen LogP contribution in [0.15, 0.2) is 29.2 Å². The van der Waals surface area contributed by atoms with Crippen molar-refractivity contribution in [1.29, 1.82) is 0 Å². The van der Waals surface area contributed by atoms with Gasteiger partial charge in [0.05, 0.1) is 0 Å². The van der Waals surface area contributed by atoms with Gasteiger partial charge >= 0.3 is 16.1 Å². The summed E-state index contributed by atoms with van der Waals surface area (Å²) in [6.45, 7) is 5.40. The topological polar surface area (TPSA) is 86.5 Å². The van der Waals surface area contributed by atoms with E-state index >= 15 is 0 Å². The summed E-state index contributed by atoms with van der Waals surface area (Å²) in [5, 5.41) is 0. The fraction of sp³-hybridized carbons (Fsp3) is 0.462. The molecule has 6 heteroatoms. The van der Waals surface area contributed by atoms with Crippen LogP contribution < -0.4 is 5.73 Å². The number of benzene rings is 1. The molecule has 0 fully saturated rings. The summed E-state index contributed by atoms with van der Waals surface area (Å²) in [4.78, 5) is 11.5. The van der Waals surface area contributed by atoms with Gasteiger partial charge in [-0.05, 0) is 30.0 Å². The molecule has 0 saturated heterocycles. The van der Waals surface area contributed by atoms with Gasteiger partial charge in [-0.1, -0.05) is 32.9 Å². The first-order valence-corrected chi connectivity index (χ1v) is 7.51. The molecule has 0 unspecified atom stereocenters. The maximum absolute atomic E-state index is 11.9. The van der Waals surface area contributed by atoms with Crippen molar-refractivity contribution in [2.45, 2.75) is 38.1 Å². The molecule has 1 aromatic carbocycles. The Kier molecular flexibility index (Phi) is 5.08. The first-order valence-electron chi connectivity index (χ1n) is 6.10. The van der Waals surface area contributed by atoms with Crippen molar-refractivity contribution in [3.63, 3.8) is 0 Å². The van der Waals surface area contributed by atoms with E-state index in [1.807, 2.05) is 6.92 Å². The highest BCUT2D eigenvalue weighted by Gasteiger charge is 2.26. The smallest absolute Gasteiger partial charge is 0.341 e. The van der Waals surface area contributed by atoms with Gasteiger partial charge in [0.1, 0.15) is 10.9 Å². The van der Waals surface area contributed by atoms with Crippen LogP contribution in [-0.2, 0) is 25.5 Å². The van der Waals surface area contributed by atoms with E-state index in [2.05, 4.69) is 4.18 Å². The predicted octanol–water partition coefficient (Wildman–Crippen LogP) is 1.46. The summed E-state index contributed by atoms with van der Waals surface area (Å²) < 4.78 is 28.3. The van der Waals surface area contributed by atoms with Gasteiger partial charge in [0.25, 0.3) is 0 Å². The summed E-state index contributed by atoms with van der Waals surface area (Å²) in [5.74, 6) is -1.13. The van der Waals surface area contributed by atoms with Crippen molar-refractivity contribution in [3.05, 3.63) is 29.8 Å². The van der Waals surface area contributed by atoms with Crippen LogP contribution in [0.2, 0.25) is 0 Å². The lowest BCUT2D eigenvalue weighted by atomic mass is 10.1. The minimum atomic E-state index is -4.09. The average Bonchev–Trinajstić information content (AvgIpc) is 2.37. The summed E-state index contributed by atoms with van der Waals surface area (Å²) in [6, 6.07) is 5.25. The van der Waals surface area contributed by atoms with Crippen LogP contribution in [0, 0.1) is 5.92 Å². The van der Waals surface area contributed by atoms with Crippen LogP contribution >= 0.6 is 0 Å². The summed E-state index contributed by atoms with van der Waals surface area (Å²) in [6.07, 6.45) is 0.804. The largest absolute Gasteiger partial charge is 0.341 e. The maximum atomic E-state index is 11.9. The molecule has 0 bridgehead atoms. The van der Waals surface area contributed by atoms with E-state index in [0.29, 0.717) is 0 Å². The van der Waals surface area contributed by atoms with Gasteiger partial charge < -0.3 is 9.92 Å². The molecule has 0 spiro atoms. The molecule has 0 saturated carbocycles. The van der Waals surface area contributed by atoms with Gasteiger partial charge in [-0.25, -0.2) is 4.79 Å². The van der Waals surface area contributed by atoms with E-state index in [-0.39, 0.29) is 10.8 Å². The Bertz CT molecular complexity index is 534. The number of nitrogens with two attached hydrogens (primary N) is 1. The minimum absolute atomic E-state index is 0.0472. The molecule has 106 valence electrons. The van der Waals surface area contributed by atoms with Gasteiger partial charge in [-0.15, -0.1) is 0 Å². The number of aryl methyl sites for hydroxylation is 1. The van der Waals surface area contributed by atoms with Crippen LogP contribution in [0.25, 0.3) is 0 Å². The molecule has 0 aromatic heterocycles. The van der Waals surface area contributed by atoms with E-state index in [0.717, 1.165) is 12.0 Å². The number of hydrogen-bond donors (Lipinski definition) is 1. The zero-order valence-electron chi connectivity index (χ0n) is 11.3. The summed E-state index contributed by atoms with van der Waals surface area (Å²) >= 11 is 0. The highest BCUT2D eigenvalue weighted by Crippen LogP contribution is 2.15. The van der Waals surface area contributed by atoms with Gasteiger partial charge in [0.2, 0.25) is 0 Å². The Balaban J connectivity index is 2.89. The normalized spacial score (nSPS) is 13.3. The molecular formula is C13H19NO4S. The zero-order valence-corrected chi connectivity index (χ0v) is 12.1. The molecule has 19 heavy (non-hydrogen) atoms. The molecule has 1 aromatic rings. The molecule has 0 aliphatic carbocycles. The fourth-order valence-corrected chi connectivity index (χ4v) is 2.27. The molecule has 1 atom stereocenters. The first-order chi connectivity index (χ1) is 8.77. The minimum Gasteiger partial charge on any atom is -0.341 e. The Morgan fingerprint density at radius 1 is 1.26 bits per heavy atom. The van der Waals surface area contributed by atoms with Gasteiger partial charge in [-0.3, -0.25) is 0 Å². The molecule has 0 radical (unpaired) electrons. The van der Waals surface area contributed by atoms with Gasteiger partial charge in [0, 0.05) is 0 Å². The fourth-order valence-electron chi connectivity index (χ4n) is 1.38. The van der Waals surface area contributed by atoms with Crippen molar-refractivity contribution in [1.82, 2.24) is 0 Å². The lowest BCUT2D eigenvalue weighted by molar-refractivity contribution is -0.136. The van der Waals surface area contributed by atoms with Crippen LogP contribution in [0.3, 0.4) is 0 Å². The number of carbonyl (C=O) groups is 1. The lowest BCUT2D eigenvalue weighted by Crippen LogP contribution is -2.38. The molecule has 0 aliphatic rings. The second-order valence-corrected chi connectivity index (χ2v) is 6.17. The van der Waals surface area contributed by atoms with Gasteiger partial charge in [-0.2, -0.15) is 8.42 Å². The van der Waals surface area contributed by atoms with Crippen LogP contribution in [-0.4, -0.2) is 20.4 Å². The van der Waals surface area contributed by atoms with E-state index in [4.69, 9.17) is 5.73 Å². The third-order valence-electron chi connectivity index (χ3n) is 2.80. The standard InChI is InChI=1S/C13H19NO4S/c1-4-10-5-7-11(8-6-10)19(16,17)18-13(15)12(14)9(2)3/h5-9,12H,4,14H2,1-3H3/t12-/m1/s1. The molecular weight excluding hydrogens is 266 g/mol. The lowest BCUT2D eigenvalue weighted by Gasteiger charge is -2.14.